The van der Waals surface area contributed by atoms with Crippen LogP contribution in [0.25, 0.3) is 0 Å². The average molecular weight is 193 g/mol. The van der Waals surface area contributed by atoms with E-state index in [2.05, 4.69) is 11.9 Å². The molecule has 0 aromatic heterocycles. The van der Waals surface area contributed by atoms with Crippen molar-refractivity contribution >= 4 is 0 Å². The summed E-state index contributed by atoms with van der Waals surface area (Å²) in [6.07, 6.45) is 3.57. The molecule has 0 heterocycles. The number of hydrogen-bond donors (Lipinski definition) is 1. The van der Waals surface area contributed by atoms with E-state index in [1.807, 2.05) is 18.2 Å². The topological polar surface area (TPSA) is 12.0 Å². The fourth-order valence-corrected chi connectivity index (χ4v) is 1.25. The van der Waals surface area contributed by atoms with E-state index in [1.54, 1.807) is 6.07 Å². The maximum atomic E-state index is 13.1. The molecule has 0 aliphatic rings. The Morgan fingerprint density at radius 2 is 2.07 bits per heavy atom. The molecule has 0 aliphatic carbocycles. The molecule has 0 amide bonds. The van der Waals surface area contributed by atoms with Gasteiger partial charge in [-0.3, -0.25) is 0 Å². The van der Waals surface area contributed by atoms with Gasteiger partial charge in [-0.05, 0) is 37.6 Å². The van der Waals surface area contributed by atoms with E-state index >= 15 is 0 Å². The molecule has 1 rings (SSSR count). The molecule has 0 aliphatic heterocycles. The van der Waals surface area contributed by atoms with Crippen LogP contribution in [-0.2, 0) is 6.42 Å². The predicted octanol–water partition coefficient (Wildman–Crippen LogP) is 2.53. The van der Waals surface area contributed by atoms with E-state index in [0.717, 1.165) is 31.5 Å². The summed E-state index contributed by atoms with van der Waals surface area (Å²) in [4.78, 5) is 0. The summed E-state index contributed by atoms with van der Waals surface area (Å²) < 4.78 is 13.1. The molecule has 0 bridgehead atoms. The highest BCUT2D eigenvalue weighted by Crippen LogP contribution is 2.05. The van der Waals surface area contributed by atoms with E-state index in [1.165, 1.54) is 6.07 Å². The molecule has 0 radical (unpaired) electrons. The molecular formula is C12H16FN. The van der Waals surface area contributed by atoms with Gasteiger partial charge < -0.3 is 5.32 Å². The summed E-state index contributed by atoms with van der Waals surface area (Å²) in [5, 5.41) is 3.22. The predicted molar refractivity (Wildman–Crippen MR) is 57.8 cm³/mol. The van der Waals surface area contributed by atoms with Crippen LogP contribution in [0, 0.1) is 5.82 Å². The Hall–Kier alpha value is -1.15. The lowest BCUT2D eigenvalue weighted by Crippen LogP contribution is -2.18. The van der Waals surface area contributed by atoms with Gasteiger partial charge in [0, 0.05) is 0 Å². The fourth-order valence-electron chi connectivity index (χ4n) is 1.25. The highest BCUT2D eigenvalue weighted by molar-refractivity contribution is 5.17. The van der Waals surface area contributed by atoms with Gasteiger partial charge in [0.05, 0.1) is 0 Å². The molecule has 14 heavy (non-hydrogen) atoms. The van der Waals surface area contributed by atoms with Crippen LogP contribution in [0.15, 0.2) is 36.9 Å². The van der Waals surface area contributed by atoms with Gasteiger partial charge in [0.1, 0.15) is 5.82 Å². The first-order chi connectivity index (χ1) is 6.84. The normalized spacial score (nSPS) is 10.1. The number of rotatable bonds is 6. The monoisotopic (exact) mass is 193 g/mol. The second-order valence-electron chi connectivity index (χ2n) is 3.17. The fraction of sp³-hybridized carbons (Fsp3) is 0.333. The van der Waals surface area contributed by atoms with Gasteiger partial charge in [0.2, 0.25) is 0 Å². The van der Waals surface area contributed by atoms with Crippen molar-refractivity contribution in [2.45, 2.75) is 12.8 Å². The number of hydrogen-bond acceptors (Lipinski definition) is 1. The van der Waals surface area contributed by atoms with Gasteiger partial charge in [-0.2, -0.15) is 0 Å². The number of halogens is 1. The molecule has 0 saturated heterocycles. The van der Waals surface area contributed by atoms with Crippen LogP contribution in [-0.4, -0.2) is 13.1 Å². The van der Waals surface area contributed by atoms with Crippen LogP contribution in [0.1, 0.15) is 12.0 Å². The Kier molecular flexibility index (Phi) is 4.94. The van der Waals surface area contributed by atoms with Crippen LogP contribution < -0.4 is 5.32 Å². The second-order valence-corrected chi connectivity index (χ2v) is 3.17. The summed E-state index contributed by atoms with van der Waals surface area (Å²) in [6.45, 7) is 5.36. The lowest BCUT2D eigenvalue weighted by Gasteiger charge is -2.03. The van der Waals surface area contributed by atoms with Crippen LogP contribution >= 0.6 is 0 Å². The van der Waals surface area contributed by atoms with Crippen molar-refractivity contribution in [2.75, 3.05) is 13.1 Å². The van der Waals surface area contributed by atoms with Gasteiger partial charge in [-0.1, -0.05) is 24.3 Å². The van der Waals surface area contributed by atoms with Gasteiger partial charge in [-0.25, -0.2) is 4.39 Å². The van der Waals surface area contributed by atoms with E-state index in [0.29, 0.717) is 0 Å². The molecule has 1 nitrogen and oxygen atoms in total. The molecule has 1 N–H and O–H groups in total. The Balaban J connectivity index is 2.24. The van der Waals surface area contributed by atoms with Gasteiger partial charge in [0.25, 0.3) is 0 Å². The quantitative estimate of drug-likeness (QED) is 0.540. The smallest absolute Gasteiger partial charge is 0.126 e. The van der Waals surface area contributed by atoms with E-state index in [4.69, 9.17) is 0 Å². The minimum absolute atomic E-state index is 0.113. The van der Waals surface area contributed by atoms with E-state index in [9.17, 15) is 4.39 Å². The highest BCUT2D eigenvalue weighted by Gasteiger charge is 1.98. The summed E-state index contributed by atoms with van der Waals surface area (Å²) in [5.74, 6) is -0.113. The third kappa shape index (κ3) is 3.71. The largest absolute Gasteiger partial charge is 0.316 e. The molecule has 0 saturated carbocycles. The summed E-state index contributed by atoms with van der Waals surface area (Å²) in [7, 11) is 0. The molecule has 76 valence electrons. The molecule has 0 spiro atoms. The number of benzene rings is 1. The van der Waals surface area contributed by atoms with E-state index < -0.39 is 0 Å². The Morgan fingerprint density at radius 1 is 1.29 bits per heavy atom. The van der Waals surface area contributed by atoms with Gasteiger partial charge in [-0.15, -0.1) is 6.58 Å². The lowest BCUT2D eigenvalue weighted by atomic mass is 10.1. The third-order valence-electron chi connectivity index (χ3n) is 2.05. The van der Waals surface area contributed by atoms with Crippen LogP contribution in [0.3, 0.4) is 0 Å². The van der Waals surface area contributed by atoms with Crippen molar-refractivity contribution in [1.29, 1.82) is 0 Å². The Morgan fingerprint density at radius 3 is 2.79 bits per heavy atom. The number of nitrogens with one attached hydrogen (secondary N) is 1. The SMILES string of the molecule is C=CCCNCCc1ccccc1F. The van der Waals surface area contributed by atoms with Crippen molar-refractivity contribution in [2.24, 2.45) is 0 Å². The zero-order valence-corrected chi connectivity index (χ0v) is 8.30. The van der Waals surface area contributed by atoms with Gasteiger partial charge >= 0.3 is 0 Å². The second kappa shape index (κ2) is 6.33. The zero-order chi connectivity index (χ0) is 10.2. The molecule has 0 fully saturated rings. The first kappa shape index (κ1) is 10.9. The van der Waals surface area contributed by atoms with Gasteiger partial charge in [0.15, 0.2) is 0 Å². The minimum Gasteiger partial charge on any atom is -0.316 e. The summed E-state index contributed by atoms with van der Waals surface area (Å²) in [5.41, 5.74) is 0.776. The molecule has 0 atom stereocenters. The van der Waals surface area contributed by atoms with Crippen molar-refractivity contribution in [3.05, 3.63) is 48.3 Å². The van der Waals surface area contributed by atoms with Crippen molar-refractivity contribution in [3.8, 4) is 0 Å². The van der Waals surface area contributed by atoms with Crippen molar-refractivity contribution in [3.63, 3.8) is 0 Å². The highest BCUT2D eigenvalue weighted by atomic mass is 19.1. The summed E-state index contributed by atoms with van der Waals surface area (Å²) in [6, 6.07) is 6.90. The molecule has 1 aromatic carbocycles. The average Bonchev–Trinajstić information content (AvgIpc) is 2.20. The summed E-state index contributed by atoms with van der Waals surface area (Å²) >= 11 is 0. The maximum absolute atomic E-state index is 13.1. The van der Waals surface area contributed by atoms with E-state index in [-0.39, 0.29) is 5.82 Å². The lowest BCUT2D eigenvalue weighted by molar-refractivity contribution is 0.599. The van der Waals surface area contributed by atoms with Crippen molar-refractivity contribution < 1.29 is 4.39 Å². The Labute approximate surface area is 84.6 Å². The minimum atomic E-state index is -0.113. The maximum Gasteiger partial charge on any atom is 0.126 e. The molecule has 0 unspecified atom stereocenters. The zero-order valence-electron chi connectivity index (χ0n) is 8.30. The Bertz CT molecular complexity index is 283. The third-order valence-corrected chi connectivity index (χ3v) is 2.05. The first-order valence-electron chi connectivity index (χ1n) is 4.89. The first-order valence-corrected chi connectivity index (χ1v) is 4.89. The standard InChI is InChI=1S/C12H16FN/c1-2-3-9-14-10-8-11-6-4-5-7-12(11)13/h2,4-7,14H,1,3,8-10H2. The van der Waals surface area contributed by atoms with Crippen LogP contribution in [0.2, 0.25) is 0 Å². The molecule has 1 aromatic rings. The molecular weight excluding hydrogens is 177 g/mol. The van der Waals surface area contributed by atoms with Crippen LogP contribution in [0.4, 0.5) is 4.39 Å². The van der Waals surface area contributed by atoms with Crippen molar-refractivity contribution in [1.82, 2.24) is 5.32 Å². The molecule has 2 heteroatoms. The van der Waals surface area contributed by atoms with Crippen LogP contribution in [0.5, 0.6) is 0 Å².